The van der Waals surface area contributed by atoms with Gasteiger partial charge in [-0.25, -0.2) is 4.79 Å². The van der Waals surface area contributed by atoms with Gasteiger partial charge in [0.05, 0.1) is 0 Å². The molecule has 4 rings (SSSR count). The summed E-state index contributed by atoms with van der Waals surface area (Å²) in [5.74, 6) is -1.18. The van der Waals surface area contributed by atoms with Gasteiger partial charge in [0.15, 0.2) is 0 Å². The normalized spacial score (nSPS) is 14.9. The van der Waals surface area contributed by atoms with E-state index < -0.39 is 17.8 Å². The van der Waals surface area contributed by atoms with Crippen LogP contribution in [0.3, 0.4) is 0 Å². The molecule has 1 saturated heterocycles. The Labute approximate surface area is 168 Å². The fraction of sp³-hybridized carbons (Fsp3) is 0.174. The van der Waals surface area contributed by atoms with Crippen LogP contribution in [0.4, 0.5) is 4.79 Å². The Balaban J connectivity index is 1.81. The number of fused-ring (bicyclic) bond motifs is 1. The SMILES string of the molecule is Cc1cc(C=C2C(=O)N(C)C(=O)N(C)C2=O)c(C)n1-c1ccc2ccccc2c1. The first-order valence-corrected chi connectivity index (χ1v) is 9.29. The van der Waals surface area contributed by atoms with Crippen LogP contribution < -0.4 is 0 Å². The number of nitrogens with zero attached hydrogens (tertiary/aromatic N) is 3. The number of hydrogen-bond donors (Lipinski definition) is 0. The van der Waals surface area contributed by atoms with Crippen molar-refractivity contribution in [3.63, 3.8) is 0 Å². The average molecular weight is 387 g/mol. The lowest BCUT2D eigenvalue weighted by Crippen LogP contribution is -2.52. The Morgan fingerprint density at radius 1 is 0.793 bits per heavy atom. The van der Waals surface area contributed by atoms with Gasteiger partial charge in [0.2, 0.25) is 0 Å². The highest BCUT2D eigenvalue weighted by molar-refractivity contribution is 6.30. The number of aryl methyl sites for hydroxylation is 1. The molecule has 2 heterocycles. The van der Waals surface area contributed by atoms with Crippen LogP contribution >= 0.6 is 0 Å². The van der Waals surface area contributed by atoms with Gasteiger partial charge >= 0.3 is 6.03 Å². The molecule has 1 aliphatic heterocycles. The summed E-state index contributed by atoms with van der Waals surface area (Å²) in [5, 5.41) is 2.30. The van der Waals surface area contributed by atoms with Crippen molar-refractivity contribution in [2.24, 2.45) is 0 Å². The van der Waals surface area contributed by atoms with Crippen LogP contribution in [0.1, 0.15) is 17.0 Å². The van der Waals surface area contributed by atoms with Crippen LogP contribution in [-0.2, 0) is 9.59 Å². The van der Waals surface area contributed by atoms with Crippen molar-refractivity contribution in [1.82, 2.24) is 14.4 Å². The van der Waals surface area contributed by atoms with Crippen LogP contribution in [0.2, 0.25) is 0 Å². The maximum atomic E-state index is 12.5. The van der Waals surface area contributed by atoms with Crippen molar-refractivity contribution in [1.29, 1.82) is 0 Å². The number of barbiturate groups is 1. The maximum absolute atomic E-state index is 12.5. The number of amides is 4. The third kappa shape index (κ3) is 2.93. The van der Waals surface area contributed by atoms with Gasteiger partial charge in [-0.15, -0.1) is 0 Å². The molecular weight excluding hydrogens is 366 g/mol. The van der Waals surface area contributed by atoms with Crippen molar-refractivity contribution >= 4 is 34.7 Å². The number of urea groups is 1. The zero-order chi connectivity index (χ0) is 20.9. The number of rotatable bonds is 2. The van der Waals surface area contributed by atoms with Gasteiger partial charge in [-0.3, -0.25) is 19.4 Å². The molecule has 0 unspecified atom stereocenters. The van der Waals surface area contributed by atoms with E-state index in [4.69, 9.17) is 0 Å². The lowest BCUT2D eigenvalue weighted by molar-refractivity contribution is -0.134. The Morgan fingerprint density at radius 3 is 2.07 bits per heavy atom. The van der Waals surface area contributed by atoms with Gasteiger partial charge in [0.1, 0.15) is 5.57 Å². The minimum absolute atomic E-state index is 0.0200. The molecule has 4 amide bonds. The molecule has 6 nitrogen and oxygen atoms in total. The smallest absolute Gasteiger partial charge is 0.318 e. The summed E-state index contributed by atoms with van der Waals surface area (Å²) in [7, 11) is 2.75. The topological polar surface area (TPSA) is 62.6 Å². The van der Waals surface area contributed by atoms with Gasteiger partial charge < -0.3 is 4.57 Å². The van der Waals surface area contributed by atoms with E-state index >= 15 is 0 Å². The first kappa shape index (κ1) is 18.7. The standard InChI is InChI=1S/C23H21N3O3/c1-14-11-18(13-20-21(27)24(3)23(29)25(4)22(20)28)15(2)26(14)19-10-9-16-7-5-6-8-17(16)12-19/h5-13H,1-4H3. The van der Waals surface area contributed by atoms with E-state index in [0.29, 0.717) is 0 Å². The molecule has 146 valence electrons. The van der Waals surface area contributed by atoms with Crippen LogP contribution in [0, 0.1) is 13.8 Å². The second kappa shape index (κ2) is 6.74. The zero-order valence-electron chi connectivity index (χ0n) is 16.8. The Morgan fingerprint density at radius 2 is 1.41 bits per heavy atom. The lowest BCUT2D eigenvalue weighted by Gasteiger charge is -2.28. The van der Waals surface area contributed by atoms with E-state index in [-0.39, 0.29) is 5.57 Å². The molecule has 6 heteroatoms. The highest BCUT2D eigenvalue weighted by Crippen LogP contribution is 2.27. The van der Waals surface area contributed by atoms with Crippen LogP contribution in [0.5, 0.6) is 0 Å². The van der Waals surface area contributed by atoms with Crippen molar-refractivity contribution in [2.75, 3.05) is 14.1 Å². The number of hydrogen-bond acceptors (Lipinski definition) is 3. The Kier molecular flexibility index (Phi) is 4.34. The summed E-state index contributed by atoms with van der Waals surface area (Å²) in [6.45, 7) is 3.93. The van der Waals surface area contributed by atoms with E-state index in [0.717, 1.165) is 43.2 Å². The minimum atomic E-state index is -0.626. The van der Waals surface area contributed by atoms with E-state index in [2.05, 4.69) is 34.9 Å². The van der Waals surface area contributed by atoms with E-state index in [9.17, 15) is 14.4 Å². The molecule has 29 heavy (non-hydrogen) atoms. The van der Waals surface area contributed by atoms with Gasteiger partial charge in [0.25, 0.3) is 11.8 Å². The van der Waals surface area contributed by atoms with E-state index in [1.807, 2.05) is 32.0 Å². The molecule has 1 fully saturated rings. The number of benzene rings is 2. The quantitative estimate of drug-likeness (QED) is 0.498. The summed E-state index contributed by atoms with van der Waals surface area (Å²) < 4.78 is 2.09. The second-order valence-corrected chi connectivity index (χ2v) is 7.26. The molecular formula is C23H21N3O3. The first-order valence-electron chi connectivity index (χ1n) is 9.29. The van der Waals surface area contributed by atoms with E-state index in [1.165, 1.54) is 14.1 Å². The summed E-state index contributed by atoms with van der Waals surface area (Å²) in [5.41, 5.74) is 3.65. The largest absolute Gasteiger partial charge is 0.333 e. The molecule has 1 aliphatic rings. The summed E-state index contributed by atoms with van der Waals surface area (Å²) in [6, 6.07) is 15.7. The van der Waals surface area contributed by atoms with Gasteiger partial charge in [-0.1, -0.05) is 30.3 Å². The molecule has 0 N–H and O–H groups in total. The van der Waals surface area contributed by atoms with Crippen LogP contribution in [0.25, 0.3) is 22.5 Å². The monoisotopic (exact) mass is 387 g/mol. The molecule has 0 atom stereocenters. The second-order valence-electron chi connectivity index (χ2n) is 7.26. The third-order valence-corrected chi connectivity index (χ3v) is 5.41. The minimum Gasteiger partial charge on any atom is -0.318 e. The number of carbonyl (C=O) groups excluding carboxylic acids is 3. The maximum Gasteiger partial charge on any atom is 0.333 e. The predicted octanol–water partition coefficient (Wildman–Crippen LogP) is 3.68. The van der Waals surface area contributed by atoms with Crippen molar-refractivity contribution in [3.8, 4) is 5.69 Å². The fourth-order valence-electron chi connectivity index (χ4n) is 3.78. The molecule has 0 bridgehead atoms. The number of likely N-dealkylation sites (N-methyl/N-ethyl adjacent to an activating group) is 2. The molecule has 0 radical (unpaired) electrons. The molecule has 3 aromatic rings. The molecule has 1 aromatic heterocycles. The molecule has 0 spiro atoms. The first-order chi connectivity index (χ1) is 13.8. The van der Waals surface area contributed by atoms with Crippen LogP contribution in [0.15, 0.2) is 54.1 Å². The van der Waals surface area contributed by atoms with Crippen molar-refractivity contribution in [3.05, 3.63) is 71.1 Å². The fourth-order valence-corrected chi connectivity index (χ4v) is 3.78. The number of aromatic nitrogens is 1. The van der Waals surface area contributed by atoms with Gasteiger partial charge in [-0.05, 0) is 54.5 Å². The number of carbonyl (C=O) groups is 3. The average Bonchev–Trinajstić information content (AvgIpc) is 3.00. The zero-order valence-corrected chi connectivity index (χ0v) is 16.8. The molecule has 0 saturated carbocycles. The highest BCUT2D eigenvalue weighted by atomic mass is 16.2. The molecule has 0 aliphatic carbocycles. The van der Waals surface area contributed by atoms with Crippen molar-refractivity contribution in [2.45, 2.75) is 13.8 Å². The van der Waals surface area contributed by atoms with E-state index in [1.54, 1.807) is 6.08 Å². The Hall–Kier alpha value is -3.67. The Bertz CT molecular complexity index is 1190. The van der Waals surface area contributed by atoms with Crippen LogP contribution in [-0.4, -0.2) is 46.3 Å². The predicted molar refractivity (Wildman–Crippen MR) is 112 cm³/mol. The number of imide groups is 2. The molecule has 2 aromatic carbocycles. The van der Waals surface area contributed by atoms with Gasteiger partial charge in [-0.2, -0.15) is 0 Å². The lowest BCUT2D eigenvalue weighted by atomic mass is 10.1. The summed E-state index contributed by atoms with van der Waals surface area (Å²) >= 11 is 0. The van der Waals surface area contributed by atoms with Crippen molar-refractivity contribution < 1.29 is 14.4 Å². The van der Waals surface area contributed by atoms with Gasteiger partial charge in [0, 0.05) is 31.2 Å². The highest BCUT2D eigenvalue weighted by Gasteiger charge is 2.38. The summed E-state index contributed by atoms with van der Waals surface area (Å²) in [6.07, 6.45) is 1.57. The summed E-state index contributed by atoms with van der Waals surface area (Å²) in [4.78, 5) is 38.8. The third-order valence-electron chi connectivity index (χ3n) is 5.41.